The van der Waals surface area contributed by atoms with E-state index in [1.165, 1.54) is 6.08 Å². The molecule has 1 aromatic rings. The first-order valence-corrected chi connectivity index (χ1v) is 5.62. The van der Waals surface area contributed by atoms with Gasteiger partial charge in [0.15, 0.2) is 11.5 Å². The zero-order valence-corrected chi connectivity index (χ0v) is 11.0. The Morgan fingerprint density at radius 2 is 1.74 bits per heavy atom. The predicted molar refractivity (Wildman–Crippen MR) is 68.8 cm³/mol. The van der Waals surface area contributed by atoms with Crippen LogP contribution >= 0.6 is 0 Å². The summed E-state index contributed by atoms with van der Waals surface area (Å²) in [5.41, 5.74) is 1.40. The summed E-state index contributed by atoms with van der Waals surface area (Å²) in [5, 5.41) is 3.07. The first kappa shape index (κ1) is 13.1. The van der Waals surface area contributed by atoms with Crippen LogP contribution in [0.15, 0.2) is 23.9 Å². The molecule has 0 bridgehead atoms. The van der Waals surface area contributed by atoms with Gasteiger partial charge >= 0.3 is 5.97 Å². The van der Waals surface area contributed by atoms with Crippen LogP contribution in [0.1, 0.15) is 0 Å². The van der Waals surface area contributed by atoms with Gasteiger partial charge in [0.25, 0.3) is 0 Å². The molecule has 0 saturated carbocycles. The van der Waals surface area contributed by atoms with E-state index in [2.05, 4.69) is 5.32 Å². The highest BCUT2D eigenvalue weighted by molar-refractivity contribution is 5.86. The van der Waals surface area contributed by atoms with Crippen LogP contribution in [-0.2, 0) is 9.53 Å². The lowest BCUT2D eigenvalue weighted by Gasteiger charge is -2.15. The van der Waals surface area contributed by atoms with E-state index in [0.717, 1.165) is 5.69 Å². The zero-order valence-electron chi connectivity index (χ0n) is 11.0. The van der Waals surface area contributed by atoms with E-state index < -0.39 is 0 Å². The Bertz CT molecular complexity index is 499. The quantitative estimate of drug-likeness (QED) is 0.815. The third-order valence-corrected chi connectivity index (χ3v) is 2.63. The molecule has 1 heterocycles. The Labute approximate surface area is 110 Å². The maximum absolute atomic E-state index is 11.0. The van der Waals surface area contributed by atoms with Crippen molar-refractivity contribution >= 4 is 11.7 Å². The maximum atomic E-state index is 11.0. The van der Waals surface area contributed by atoms with E-state index in [4.69, 9.17) is 18.9 Å². The summed E-state index contributed by atoms with van der Waals surface area (Å²) in [4.78, 5) is 11.0. The van der Waals surface area contributed by atoms with Crippen LogP contribution in [0.5, 0.6) is 17.2 Å². The van der Waals surface area contributed by atoms with Crippen LogP contribution < -0.4 is 19.5 Å². The fourth-order valence-corrected chi connectivity index (χ4v) is 1.79. The Morgan fingerprint density at radius 3 is 2.16 bits per heavy atom. The van der Waals surface area contributed by atoms with Gasteiger partial charge in [-0.15, -0.1) is 0 Å². The highest BCUT2D eigenvalue weighted by atomic mass is 16.5. The minimum Gasteiger partial charge on any atom is -0.493 e. The lowest BCUT2D eigenvalue weighted by Crippen LogP contribution is -2.03. The second-order valence-electron chi connectivity index (χ2n) is 3.82. The van der Waals surface area contributed by atoms with Crippen molar-refractivity contribution in [3.8, 4) is 17.2 Å². The van der Waals surface area contributed by atoms with Gasteiger partial charge in [0.1, 0.15) is 6.61 Å². The third kappa shape index (κ3) is 2.73. The average Bonchev–Trinajstić information content (AvgIpc) is 2.82. The summed E-state index contributed by atoms with van der Waals surface area (Å²) in [6.45, 7) is 0.232. The number of ether oxygens (including phenoxy) is 4. The molecule has 1 aromatic carbocycles. The summed E-state index contributed by atoms with van der Waals surface area (Å²) in [6, 6.07) is 3.51. The van der Waals surface area contributed by atoms with Gasteiger partial charge in [-0.05, 0) is 0 Å². The molecule has 1 N–H and O–H groups in total. The number of methoxy groups -OCH3 is 3. The molecule has 0 unspecified atom stereocenters. The van der Waals surface area contributed by atoms with Crippen LogP contribution in [0.25, 0.3) is 0 Å². The van der Waals surface area contributed by atoms with Gasteiger partial charge in [0, 0.05) is 23.9 Å². The van der Waals surface area contributed by atoms with Crippen molar-refractivity contribution in [1.29, 1.82) is 0 Å². The normalized spacial score (nSPS) is 13.6. The van der Waals surface area contributed by atoms with Gasteiger partial charge in [-0.25, -0.2) is 4.79 Å². The first-order chi connectivity index (χ1) is 9.17. The lowest BCUT2D eigenvalue weighted by atomic mass is 10.2. The van der Waals surface area contributed by atoms with E-state index in [9.17, 15) is 4.79 Å². The molecule has 0 amide bonds. The van der Waals surface area contributed by atoms with Crippen molar-refractivity contribution in [2.24, 2.45) is 0 Å². The van der Waals surface area contributed by atoms with Crippen molar-refractivity contribution in [2.75, 3.05) is 33.3 Å². The fraction of sp³-hybridized carbons (Fsp3) is 0.308. The monoisotopic (exact) mass is 265 g/mol. The molecule has 1 aliphatic rings. The van der Waals surface area contributed by atoms with Gasteiger partial charge in [-0.3, -0.25) is 0 Å². The van der Waals surface area contributed by atoms with Gasteiger partial charge in [-0.2, -0.15) is 0 Å². The number of anilines is 1. The minimum atomic E-state index is -0.352. The number of esters is 1. The van der Waals surface area contributed by atoms with Crippen molar-refractivity contribution in [3.05, 3.63) is 23.9 Å². The number of carbonyl (C=O) groups excluding carboxylic acids is 1. The second-order valence-corrected chi connectivity index (χ2v) is 3.82. The molecule has 102 valence electrons. The summed E-state index contributed by atoms with van der Waals surface area (Å²) >= 11 is 0. The number of carbonyl (C=O) groups is 1. The lowest BCUT2D eigenvalue weighted by molar-refractivity contribution is -0.134. The highest BCUT2D eigenvalue weighted by Gasteiger charge is 2.16. The SMILES string of the molecule is COc1cc(NC2=CC(=O)OC2)cc(OC)c1OC. The molecule has 0 radical (unpaired) electrons. The van der Waals surface area contributed by atoms with Crippen molar-refractivity contribution in [1.82, 2.24) is 0 Å². The van der Waals surface area contributed by atoms with Crippen LogP contribution in [0.3, 0.4) is 0 Å². The van der Waals surface area contributed by atoms with E-state index in [1.807, 2.05) is 0 Å². The summed E-state index contributed by atoms with van der Waals surface area (Å²) in [7, 11) is 4.63. The Hall–Kier alpha value is -2.37. The van der Waals surface area contributed by atoms with Gasteiger partial charge in [0.2, 0.25) is 5.75 Å². The molecular weight excluding hydrogens is 250 g/mol. The minimum absolute atomic E-state index is 0.232. The molecule has 0 aliphatic carbocycles. The Balaban J connectivity index is 2.31. The smallest absolute Gasteiger partial charge is 0.333 e. The number of rotatable bonds is 5. The Morgan fingerprint density at radius 1 is 1.11 bits per heavy atom. The predicted octanol–water partition coefficient (Wildman–Crippen LogP) is 1.56. The van der Waals surface area contributed by atoms with Gasteiger partial charge in [-0.1, -0.05) is 0 Å². The molecule has 0 spiro atoms. The van der Waals surface area contributed by atoms with Gasteiger partial charge in [0.05, 0.1) is 27.0 Å². The number of hydrogen-bond donors (Lipinski definition) is 1. The molecule has 0 aromatic heterocycles. The van der Waals surface area contributed by atoms with Crippen molar-refractivity contribution < 1.29 is 23.7 Å². The van der Waals surface area contributed by atoms with E-state index in [0.29, 0.717) is 22.9 Å². The fourth-order valence-electron chi connectivity index (χ4n) is 1.79. The summed E-state index contributed by atoms with van der Waals surface area (Å²) in [5.74, 6) is 1.24. The molecule has 1 aliphatic heterocycles. The maximum Gasteiger partial charge on any atom is 0.333 e. The Kier molecular flexibility index (Phi) is 3.79. The molecule has 6 nitrogen and oxygen atoms in total. The third-order valence-electron chi connectivity index (χ3n) is 2.63. The number of cyclic esters (lactones) is 1. The molecule has 0 atom stereocenters. The highest BCUT2D eigenvalue weighted by Crippen LogP contribution is 2.40. The van der Waals surface area contributed by atoms with E-state index >= 15 is 0 Å². The molecule has 0 fully saturated rings. The van der Waals surface area contributed by atoms with Gasteiger partial charge < -0.3 is 24.3 Å². The average molecular weight is 265 g/mol. The van der Waals surface area contributed by atoms with Crippen molar-refractivity contribution in [3.63, 3.8) is 0 Å². The molecule has 0 saturated heterocycles. The summed E-state index contributed by atoms with van der Waals surface area (Å²) < 4.78 is 20.5. The van der Waals surface area contributed by atoms with Crippen LogP contribution in [-0.4, -0.2) is 33.9 Å². The number of benzene rings is 1. The molecule has 19 heavy (non-hydrogen) atoms. The zero-order chi connectivity index (χ0) is 13.8. The largest absolute Gasteiger partial charge is 0.493 e. The number of hydrogen-bond acceptors (Lipinski definition) is 6. The van der Waals surface area contributed by atoms with Crippen LogP contribution in [0, 0.1) is 0 Å². The topological polar surface area (TPSA) is 66.0 Å². The molecule has 2 rings (SSSR count). The molecule has 6 heteroatoms. The number of nitrogens with one attached hydrogen (secondary N) is 1. The van der Waals surface area contributed by atoms with Crippen LogP contribution in [0.2, 0.25) is 0 Å². The second kappa shape index (κ2) is 5.51. The van der Waals surface area contributed by atoms with Crippen molar-refractivity contribution in [2.45, 2.75) is 0 Å². The standard InChI is InChI=1S/C13H15NO5/c1-16-10-4-8(5-11(17-2)13(10)18-3)14-9-6-12(15)19-7-9/h4-6,14H,7H2,1-3H3. The van der Waals surface area contributed by atoms with E-state index in [-0.39, 0.29) is 12.6 Å². The summed E-state index contributed by atoms with van der Waals surface area (Å²) in [6.07, 6.45) is 1.41. The van der Waals surface area contributed by atoms with Crippen LogP contribution in [0.4, 0.5) is 5.69 Å². The molecular formula is C13H15NO5. The van der Waals surface area contributed by atoms with E-state index in [1.54, 1.807) is 33.5 Å². The first-order valence-electron chi connectivity index (χ1n) is 5.62.